The molecule has 0 spiro atoms. The number of ketones is 1. The molecule has 0 amide bonds. The van der Waals surface area contributed by atoms with Gasteiger partial charge in [-0.25, -0.2) is 4.63 Å². The van der Waals surface area contributed by atoms with E-state index in [-0.39, 0.29) is 28.3 Å². The molecular weight excluding hydrogens is 290 g/mol. The van der Waals surface area contributed by atoms with Crippen LogP contribution in [0.2, 0.25) is 0 Å². The zero-order valence-electron chi connectivity index (χ0n) is 11.3. The van der Waals surface area contributed by atoms with Gasteiger partial charge in [-0.05, 0) is 47.6 Å². The molecule has 0 aliphatic carbocycles. The lowest BCUT2D eigenvalue weighted by atomic mass is 10.1. The molecule has 0 saturated heterocycles. The molecule has 110 valence electrons. The highest BCUT2D eigenvalue weighted by Crippen LogP contribution is 2.33. The molecule has 3 rings (SSSR count). The van der Waals surface area contributed by atoms with Crippen LogP contribution in [0.3, 0.4) is 0 Å². The Morgan fingerprint density at radius 2 is 1.82 bits per heavy atom. The molecule has 0 fully saturated rings. The summed E-state index contributed by atoms with van der Waals surface area (Å²) in [6.07, 6.45) is 0. The van der Waals surface area contributed by atoms with Crippen LogP contribution < -0.4 is 4.74 Å². The Morgan fingerprint density at radius 3 is 2.45 bits per heavy atom. The molecule has 0 bridgehead atoms. The zero-order chi connectivity index (χ0) is 15.7. The molecule has 2 aromatic carbocycles. The molecule has 0 unspecified atom stereocenters. The molecule has 0 atom stereocenters. The van der Waals surface area contributed by atoms with Crippen molar-refractivity contribution in [3.05, 3.63) is 52.1 Å². The van der Waals surface area contributed by atoms with Crippen LogP contribution in [0.25, 0.3) is 11.0 Å². The molecule has 8 heteroatoms. The number of benzene rings is 2. The van der Waals surface area contributed by atoms with Crippen LogP contribution in [0.4, 0.5) is 5.69 Å². The van der Waals surface area contributed by atoms with E-state index < -0.39 is 4.92 Å². The highest BCUT2D eigenvalue weighted by molar-refractivity contribution is 5.94. The molecule has 1 aromatic heterocycles. The van der Waals surface area contributed by atoms with Gasteiger partial charge >= 0.3 is 5.69 Å². The van der Waals surface area contributed by atoms with Crippen LogP contribution in [0, 0.1) is 10.1 Å². The van der Waals surface area contributed by atoms with Crippen molar-refractivity contribution < 1.29 is 19.1 Å². The van der Waals surface area contributed by atoms with E-state index in [9.17, 15) is 14.9 Å². The van der Waals surface area contributed by atoms with Crippen LogP contribution in [-0.4, -0.2) is 21.0 Å². The largest absolute Gasteiger partial charge is 0.455 e. The Bertz CT molecular complexity index is 870. The quantitative estimate of drug-likeness (QED) is 0.413. The first-order chi connectivity index (χ1) is 10.6. The van der Waals surface area contributed by atoms with Crippen LogP contribution in [0.15, 0.2) is 41.0 Å². The summed E-state index contributed by atoms with van der Waals surface area (Å²) in [6, 6.07) is 9.19. The van der Waals surface area contributed by atoms with Gasteiger partial charge in [0.05, 0.1) is 4.92 Å². The summed E-state index contributed by atoms with van der Waals surface area (Å²) in [5.41, 5.74) is 0.521. The molecule has 0 radical (unpaired) electrons. The fourth-order valence-electron chi connectivity index (χ4n) is 1.95. The van der Waals surface area contributed by atoms with Crippen molar-refractivity contribution in [2.24, 2.45) is 0 Å². The number of rotatable bonds is 4. The second-order valence-corrected chi connectivity index (χ2v) is 4.48. The molecule has 0 aliphatic heterocycles. The van der Waals surface area contributed by atoms with Crippen molar-refractivity contribution in [2.75, 3.05) is 0 Å². The average Bonchev–Trinajstić information content (AvgIpc) is 2.97. The van der Waals surface area contributed by atoms with Gasteiger partial charge in [-0.1, -0.05) is 0 Å². The predicted octanol–water partition coefficient (Wildman–Crippen LogP) is 3.13. The van der Waals surface area contributed by atoms with Crippen LogP contribution >= 0.6 is 0 Å². The number of nitro groups is 1. The third kappa shape index (κ3) is 2.37. The molecule has 0 saturated carbocycles. The summed E-state index contributed by atoms with van der Waals surface area (Å²) in [7, 11) is 0. The summed E-state index contributed by atoms with van der Waals surface area (Å²) in [5, 5.41) is 18.1. The van der Waals surface area contributed by atoms with E-state index in [1.165, 1.54) is 19.1 Å². The number of ether oxygens (including phenoxy) is 1. The van der Waals surface area contributed by atoms with Gasteiger partial charge in [0.15, 0.2) is 17.0 Å². The normalized spacial score (nSPS) is 10.6. The van der Waals surface area contributed by atoms with E-state index in [0.717, 1.165) is 0 Å². The van der Waals surface area contributed by atoms with Crippen molar-refractivity contribution in [3.63, 3.8) is 0 Å². The topological polar surface area (TPSA) is 108 Å². The number of carbonyl (C=O) groups is 1. The monoisotopic (exact) mass is 299 g/mol. The second kappa shape index (κ2) is 5.24. The second-order valence-electron chi connectivity index (χ2n) is 4.48. The first-order valence-electron chi connectivity index (χ1n) is 6.25. The SMILES string of the molecule is CC(=O)c1ccc(Oc2ccc([N+](=O)[O-])c3nonc23)cc1. The summed E-state index contributed by atoms with van der Waals surface area (Å²) in [5.74, 6) is 0.686. The maximum absolute atomic E-state index is 11.2. The van der Waals surface area contributed by atoms with Crippen LogP contribution in [0.5, 0.6) is 11.5 Å². The van der Waals surface area contributed by atoms with Gasteiger partial charge in [0.2, 0.25) is 5.52 Å². The standard InChI is InChI=1S/C14H9N3O5/c1-8(18)9-2-4-10(5-3-9)21-12-7-6-11(17(19)20)13-14(12)16-22-15-13/h2-7H,1H3. The highest BCUT2D eigenvalue weighted by atomic mass is 16.6. The summed E-state index contributed by atoms with van der Waals surface area (Å²) in [6.45, 7) is 1.47. The Hall–Kier alpha value is -3.29. The van der Waals surface area contributed by atoms with Crippen LogP contribution in [-0.2, 0) is 0 Å². The van der Waals surface area contributed by atoms with Gasteiger partial charge < -0.3 is 4.74 Å². The lowest BCUT2D eigenvalue weighted by molar-refractivity contribution is -0.383. The molecule has 3 aromatic rings. The van der Waals surface area contributed by atoms with E-state index in [0.29, 0.717) is 11.3 Å². The van der Waals surface area contributed by atoms with Crippen molar-refractivity contribution in [2.45, 2.75) is 6.92 Å². The first kappa shape index (κ1) is 13.7. The van der Waals surface area contributed by atoms with Gasteiger partial charge in [0, 0.05) is 11.6 Å². The molecular formula is C14H9N3O5. The Balaban J connectivity index is 1.97. The fraction of sp³-hybridized carbons (Fsp3) is 0.0714. The summed E-state index contributed by atoms with van der Waals surface area (Å²) >= 11 is 0. The molecule has 22 heavy (non-hydrogen) atoms. The Kier molecular flexibility index (Phi) is 3.26. The predicted molar refractivity (Wildman–Crippen MR) is 75.0 cm³/mol. The maximum Gasteiger partial charge on any atom is 0.301 e. The molecule has 0 N–H and O–H groups in total. The first-order valence-corrected chi connectivity index (χ1v) is 6.25. The fourth-order valence-corrected chi connectivity index (χ4v) is 1.95. The number of fused-ring (bicyclic) bond motifs is 1. The van der Waals surface area contributed by atoms with Crippen molar-refractivity contribution >= 4 is 22.5 Å². The van der Waals surface area contributed by atoms with Crippen LogP contribution in [0.1, 0.15) is 17.3 Å². The number of non-ortho nitro benzene ring substituents is 1. The number of carbonyl (C=O) groups excluding carboxylic acids is 1. The minimum Gasteiger partial charge on any atom is -0.455 e. The maximum atomic E-state index is 11.2. The molecule has 8 nitrogen and oxygen atoms in total. The summed E-state index contributed by atoms with van der Waals surface area (Å²) < 4.78 is 10.2. The smallest absolute Gasteiger partial charge is 0.301 e. The third-order valence-corrected chi connectivity index (χ3v) is 3.04. The Morgan fingerprint density at radius 1 is 1.14 bits per heavy atom. The average molecular weight is 299 g/mol. The number of hydrogen-bond donors (Lipinski definition) is 0. The highest BCUT2D eigenvalue weighted by Gasteiger charge is 2.20. The van der Waals surface area contributed by atoms with E-state index in [2.05, 4.69) is 14.9 Å². The van der Waals surface area contributed by atoms with E-state index in [4.69, 9.17) is 4.74 Å². The minimum absolute atomic E-state index is 0.0165. The number of hydrogen-bond acceptors (Lipinski definition) is 7. The Labute approximate surface area is 123 Å². The van der Waals surface area contributed by atoms with E-state index in [1.807, 2.05) is 0 Å². The van der Waals surface area contributed by atoms with Gasteiger partial charge in [0.1, 0.15) is 5.75 Å². The van der Waals surface area contributed by atoms with Gasteiger partial charge in [-0.15, -0.1) is 0 Å². The molecule has 1 heterocycles. The van der Waals surface area contributed by atoms with Gasteiger partial charge in [-0.2, -0.15) is 0 Å². The van der Waals surface area contributed by atoms with Crippen molar-refractivity contribution in [1.29, 1.82) is 0 Å². The minimum atomic E-state index is -0.571. The number of Topliss-reactive ketones (excluding diaryl/α,β-unsaturated/α-hetero) is 1. The van der Waals surface area contributed by atoms with Crippen molar-refractivity contribution in [1.82, 2.24) is 10.3 Å². The van der Waals surface area contributed by atoms with E-state index >= 15 is 0 Å². The van der Waals surface area contributed by atoms with E-state index in [1.54, 1.807) is 24.3 Å². The summed E-state index contributed by atoms with van der Waals surface area (Å²) in [4.78, 5) is 21.6. The number of nitrogens with zero attached hydrogens (tertiary/aromatic N) is 3. The number of aromatic nitrogens is 2. The third-order valence-electron chi connectivity index (χ3n) is 3.04. The number of nitro benzene ring substituents is 1. The molecule has 0 aliphatic rings. The van der Waals surface area contributed by atoms with Crippen molar-refractivity contribution in [3.8, 4) is 11.5 Å². The van der Waals surface area contributed by atoms with Gasteiger partial charge in [0.25, 0.3) is 0 Å². The lowest BCUT2D eigenvalue weighted by Crippen LogP contribution is -1.93. The van der Waals surface area contributed by atoms with Gasteiger partial charge in [-0.3, -0.25) is 14.9 Å². The lowest BCUT2D eigenvalue weighted by Gasteiger charge is -2.06. The zero-order valence-corrected chi connectivity index (χ0v) is 11.3.